The summed E-state index contributed by atoms with van der Waals surface area (Å²) in [4.78, 5) is 18.3. The Hall–Kier alpha value is -1.96. The Bertz CT molecular complexity index is 704. The van der Waals surface area contributed by atoms with Crippen LogP contribution in [-0.2, 0) is 4.79 Å². The molecule has 8 heteroatoms. The van der Waals surface area contributed by atoms with Gasteiger partial charge < -0.3 is 10.4 Å². The van der Waals surface area contributed by atoms with Gasteiger partial charge in [-0.1, -0.05) is 11.6 Å². The van der Waals surface area contributed by atoms with Crippen molar-refractivity contribution >= 4 is 23.2 Å². The number of nitrogens with one attached hydrogen (secondary N) is 1. The molecule has 2 aromatic rings. The minimum Gasteiger partial charge on any atom is -0.393 e. The molecule has 0 aliphatic carbocycles. The van der Waals surface area contributed by atoms with Crippen molar-refractivity contribution in [2.24, 2.45) is 5.92 Å². The van der Waals surface area contributed by atoms with Gasteiger partial charge in [0, 0.05) is 11.6 Å². The van der Waals surface area contributed by atoms with Gasteiger partial charge in [0.1, 0.15) is 12.7 Å². The zero-order valence-corrected chi connectivity index (χ0v) is 14.1. The van der Waals surface area contributed by atoms with Gasteiger partial charge in [0.15, 0.2) is 0 Å². The van der Waals surface area contributed by atoms with E-state index in [1.165, 1.54) is 6.33 Å². The quantitative estimate of drug-likeness (QED) is 0.856. The van der Waals surface area contributed by atoms with Crippen LogP contribution < -0.4 is 5.32 Å². The fourth-order valence-corrected chi connectivity index (χ4v) is 3.11. The summed E-state index contributed by atoms with van der Waals surface area (Å²) in [7, 11) is 0. The van der Waals surface area contributed by atoms with Crippen molar-refractivity contribution in [3.63, 3.8) is 0 Å². The summed E-state index contributed by atoms with van der Waals surface area (Å²) in [6, 6.07) is 5.22. The van der Waals surface area contributed by atoms with Crippen molar-refractivity contribution in [3.05, 3.63) is 35.9 Å². The summed E-state index contributed by atoms with van der Waals surface area (Å²) in [5, 5.41) is 17.2. The van der Waals surface area contributed by atoms with Gasteiger partial charge in [-0.15, -0.1) is 0 Å². The summed E-state index contributed by atoms with van der Waals surface area (Å²) in [6.45, 7) is 3.63. The maximum atomic E-state index is 12.4. The van der Waals surface area contributed by atoms with Crippen molar-refractivity contribution in [2.45, 2.75) is 19.4 Å². The third kappa shape index (κ3) is 3.92. The van der Waals surface area contributed by atoms with E-state index in [-0.39, 0.29) is 24.5 Å². The number of aliphatic hydroxyl groups excluding tert-OH is 1. The van der Waals surface area contributed by atoms with E-state index >= 15 is 0 Å². The van der Waals surface area contributed by atoms with Crippen LogP contribution in [0.15, 0.2) is 30.9 Å². The van der Waals surface area contributed by atoms with Gasteiger partial charge in [-0.05, 0) is 44.0 Å². The summed E-state index contributed by atoms with van der Waals surface area (Å²) in [5.74, 6) is 0.111. The van der Waals surface area contributed by atoms with E-state index in [0.29, 0.717) is 16.4 Å². The summed E-state index contributed by atoms with van der Waals surface area (Å²) in [5.41, 5.74) is 1.29. The first-order valence-corrected chi connectivity index (χ1v) is 8.25. The lowest BCUT2D eigenvalue weighted by atomic mass is 10.0. The molecule has 1 aromatic carbocycles. The maximum absolute atomic E-state index is 12.4. The SMILES string of the molecule is CC(O)C1CCN(CC(=O)Nc2cc(Cl)ccc2-n2cncn2)C1. The van der Waals surface area contributed by atoms with E-state index in [0.717, 1.165) is 19.5 Å². The molecule has 2 heterocycles. The number of likely N-dealkylation sites (tertiary alicyclic amines) is 1. The number of benzene rings is 1. The van der Waals surface area contributed by atoms with Crippen LogP contribution in [-0.4, -0.2) is 56.4 Å². The summed E-state index contributed by atoms with van der Waals surface area (Å²) >= 11 is 6.05. The van der Waals surface area contributed by atoms with Crippen molar-refractivity contribution in [2.75, 3.05) is 25.0 Å². The maximum Gasteiger partial charge on any atom is 0.238 e. The van der Waals surface area contributed by atoms with Crippen molar-refractivity contribution < 1.29 is 9.90 Å². The number of hydrogen-bond donors (Lipinski definition) is 2. The van der Waals surface area contributed by atoms with E-state index in [1.807, 2.05) is 4.90 Å². The number of aromatic nitrogens is 3. The first-order valence-electron chi connectivity index (χ1n) is 7.88. The van der Waals surface area contributed by atoms with Crippen LogP contribution in [0.25, 0.3) is 5.69 Å². The highest BCUT2D eigenvalue weighted by Crippen LogP contribution is 2.24. The van der Waals surface area contributed by atoms with Gasteiger partial charge in [0.2, 0.25) is 5.91 Å². The second-order valence-electron chi connectivity index (χ2n) is 6.07. The third-order valence-corrected chi connectivity index (χ3v) is 4.49. The second-order valence-corrected chi connectivity index (χ2v) is 6.51. The number of hydrogen-bond acceptors (Lipinski definition) is 5. The van der Waals surface area contributed by atoms with Crippen LogP contribution in [0.2, 0.25) is 5.02 Å². The van der Waals surface area contributed by atoms with E-state index < -0.39 is 0 Å². The van der Waals surface area contributed by atoms with Gasteiger partial charge in [-0.2, -0.15) is 5.10 Å². The van der Waals surface area contributed by atoms with Crippen LogP contribution in [0.3, 0.4) is 0 Å². The van der Waals surface area contributed by atoms with Gasteiger partial charge >= 0.3 is 0 Å². The lowest BCUT2D eigenvalue weighted by Crippen LogP contribution is -2.32. The smallest absolute Gasteiger partial charge is 0.238 e. The molecule has 1 aromatic heterocycles. The van der Waals surface area contributed by atoms with Gasteiger partial charge in [0.05, 0.1) is 24.0 Å². The molecule has 24 heavy (non-hydrogen) atoms. The summed E-state index contributed by atoms with van der Waals surface area (Å²) in [6.07, 6.45) is 3.56. The first-order chi connectivity index (χ1) is 11.5. The molecule has 7 nitrogen and oxygen atoms in total. The molecule has 1 fully saturated rings. The average Bonchev–Trinajstić information content (AvgIpc) is 3.18. The fraction of sp³-hybridized carbons (Fsp3) is 0.438. The highest BCUT2D eigenvalue weighted by atomic mass is 35.5. The second kappa shape index (κ2) is 7.29. The van der Waals surface area contributed by atoms with Crippen molar-refractivity contribution in [3.8, 4) is 5.69 Å². The van der Waals surface area contributed by atoms with E-state index in [4.69, 9.17) is 11.6 Å². The minimum atomic E-state index is -0.343. The Morgan fingerprint density at radius 1 is 1.54 bits per heavy atom. The molecule has 1 aliphatic heterocycles. The standard InChI is InChI=1S/C16H20ClN5O2/c1-11(23)12-4-5-21(7-12)8-16(24)20-14-6-13(17)2-3-15(14)22-10-18-9-19-22/h2-3,6,9-12,23H,4-5,7-8H2,1H3,(H,20,24). The molecule has 0 saturated carbocycles. The van der Waals surface area contributed by atoms with Crippen molar-refractivity contribution in [1.29, 1.82) is 0 Å². The zero-order valence-electron chi connectivity index (χ0n) is 13.4. The third-order valence-electron chi connectivity index (χ3n) is 4.26. The van der Waals surface area contributed by atoms with Gasteiger partial charge in [0.25, 0.3) is 0 Å². The van der Waals surface area contributed by atoms with Crippen molar-refractivity contribution in [1.82, 2.24) is 19.7 Å². The van der Waals surface area contributed by atoms with Crippen LogP contribution >= 0.6 is 11.6 Å². The molecule has 1 aliphatic rings. The molecule has 0 spiro atoms. The number of carbonyl (C=O) groups excluding carboxylic acids is 1. The normalized spacial score (nSPS) is 19.4. The molecule has 1 saturated heterocycles. The lowest BCUT2D eigenvalue weighted by molar-refractivity contribution is -0.117. The van der Waals surface area contributed by atoms with E-state index in [1.54, 1.807) is 36.1 Å². The molecule has 2 unspecified atom stereocenters. The number of anilines is 1. The predicted molar refractivity (Wildman–Crippen MR) is 91.2 cm³/mol. The Balaban J connectivity index is 1.68. The fourth-order valence-electron chi connectivity index (χ4n) is 2.93. The zero-order chi connectivity index (χ0) is 17.1. The average molecular weight is 350 g/mol. The molecule has 3 rings (SSSR count). The monoisotopic (exact) mass is 349 g/mol. The Labute approximate surface area is 145 Å². The Morgan fingerprint density at radius 2 is 2.38 bits per heavy atom. The first kappa shape index (κ1) is 16.9. The number of amides is 1. The number of nitrogens with zero attached hydrogens (tertiary/aromatic N) is 4. The van der Waals surface area contributed by atoms with Crippen LogP contribution in [0.1, 0.15) is 13.3 Å². The molecule has 0 radical (unpaired) electrons. The highest BCUT2D eigenvalue weighted by Gasteiger charge is 2.27. The number of aliphatic hydroxyl groups is 1. The van der Waals surface area contributed by atoms with Gasteiger partial charge in [-0.3, -0.25) is 9.69 Å². The highest BCUT2D eigenvalue weighted by molar-refractivity contribution is 6.31. The number of halogens is 1. The molecular weight excluding hydrogens is 330 g/mol. The van der Waals surface area contributed by atoms with Crippen LogP contribution in [0.5, 0.6) is 0 Å². The number of rotatable bonds is 5. The molecule has 2 N–H and O–H groups in total. The van der Waals surface area contributed by atoms with E-state index in [9.17, 15) is 9.90 Å². The molecular formula is C16H20ClN5O2. The van der Waals surface area contributed by atoms with Gasteiger partial charge in [-0.25, -0.2) is 9.67 Å². The van der Waals surface area contributed by atoms with Crippen LogP contribution in [0, 0.1) is 5.92 Å². The Kier molecular flexibility index (Phi) is 5.13. The molecule has 2 atom stereocenters. The summed E-state index contributed by atoms with van der Waals surface area (Å²) < 4.78 is 1.57. The molecule has 128 valence electrons. The predicted octanol–water partition coefficient (Wildman–Crippen LogP) is 1.56. The largest absolute Gasteiger partial charge is 0.393 e. The number of carbonyl (C=O) groups is 1. The minimum absolute atomic E-state index is 0.120. The topological polar surface area (TPSA) is 83.3 Å². The molecule has 0 bridgehead atoms. The van der Waals surface area contributed by atoms with Crippen LogP contribution in [0.4, 0.5) is 5.69 Å². The Morgan fingerprint density at radius 3 is 3.04 bits per heavy atom. The van der Waals surface area contributed by atoms with E-state index in [2.05, 4.69) is 15.4 Å². The molecule has 1 amide bonds. The lowest BCUT2D eigenvalue weighted by Gasteiger charge is -2.18.